The summed E-state index contributed by atoms with van der Waals surface area (Å²) in [5.41, 5.74) is 0.840. The van der Waals surface area contributed by atoms with Crippen LogP contribution in [0.25, 0.3) is 0 Å². The molecule has 0 amide bonds. The van der Waals surface area contributed by atoms with Crippen LogP contribution >= 0.6 is 0 Å². The van der Waals surface area contributed by atoms with Gasteiger partial charge in [0.1, 0.15) is 12.4 Å². The number of carboxylic acid groups (broad SMARTS) is 1. The molecular formula is C15H12F2O3. The van der Waals surface area contributed by atoms with Crippen LogP contribution in [-0.2, 0) is 6.61 Å². The van der Waals surface area contributed by atoms with E-state index in [9.17, 15) is 13.6 Å². The second kappa shape index (κ2) is 5.69. The van der Waals surface area contributed by atoms with E-state index in [1.807, 2.05) is 0 Å². The standard InChI is InChI=1S/C15H12F2O3/c1-9-2-5-12(16)14(6-9)20-8-11-4-3-10(15(18)19)7-13(11)17/h2-7H,8H2,1H3,(H,18,19). The van der Waals surface area contributed by atoms with Gasteiger partial charge < -0.3 is 9.84 Å². The molecule has 0 fully saturated rings. The molecule has 0 aliphatic heterocycles. The maximum absolute atomic E-state index is 13.7. The lowest BCUT2D eigenvalue weighted by Crippen LogP contribution is -2.03. The highest BCUT2D eigenvalue weighted by molar-refractivity contribution is 5.87. The Morgan fingerprint density at radius 1 is 1.15 bits per heavy atom. The number of carbonyl (C=O) groups is 1. The van der Waals surface area contributed by atoms with Gasteiger partial charge in [-0.05, 0) is 36.8 Å². The molecule has 20 heavy (non-hydrogen) atoms. The van der Waals surface area contributed by atoms with Gasteiger partial charge in [-0.25, -0.2) is 13.6 Å². The number of hydrogen-bond acceptors (Lipinski definition) is 2. The summed E-state index contributed by atoms with van der Waals surface area (Å²) in [6.07, 6.45) is 0. The van der Waals surface area contributed by atoms with Gasteiger partial charge in [-0.15, -0.1) is 0 Å². The van der Waals surface area contributed by atoms with E-state index in [-0.39, 0.29) is 23.5 Å². The number of aromatic carboxylic acids is 1. The third-order valence-electron chi connectivity index (χ3n) is 2.77. The molecule has 0 aromatic heterocycles. The lowest BCUT2D eigenvalue weighted by atomic mass is 10.1. The normalized spacial score (nSPS) is 10.3. The minimum atomic E-state index is -1.21. The van der Waals surface area contributed by atoms with Gasteiger partial charge in [-0.2, -0.15) is 0 Å². The number of carboxylic acids is 1. The third-order valence-corrected chi connectivity index (χ3v) is 2.77. The molecule has 0 atom stereocenters. The molecule has 0 saturated carbocycles. The van der Waals surface area contributed by atoms with Gasteiger partial charge in [-0.3, -0.25) is 0 Å². The summed E-state index contributed by atoms with van der Waals surface area (Å²) in [5, 5.41) is 8.73. The minimum absolute atomic E-state index is 0.0340. The van der Waals surface area contributed by atoms with Crippen LogP contribution in [-0.4, -0.2) is 11.1 Å². The molecule has 0 radical (unpaired) electrons. The summed E-state index contributed by atoms with van der Waals surface area (Å²) in [6.45, 7) is 1.61. The minimum Gasteiger partial charge on any atom is -0.486 e. The lowest BCUT2D eigenvalue weighted by molar-refractivity contribution is 0.0696. The molecule has 2 aromatic rings. The van der Waals surface area contributed by atoms with Crippen molar-refractivity contribution in [1.29, 1.82) is 0 Å². The Morgan fingerprint density at radius 3 is 2.55 bits per heavy atom. The van der Waals surface area contributed by atoms with E-state index in [4.69, 9.17) is 9.84 Å². The van der Waals surface area contributed by atoms with Crippen LogP contribution in [0.4, 0.5) is 8.78 Å². The Labute approximate surface area is 114 Å². The van der Waals surface area contributed by atoms with Crippen molar-refractivity contribution in [2.45, 2.75) is 13.5 Å². The summed E-state index contributed by atoms with van der Waals surface area (Å²) in [7, 11) is 0. The summed E-state index contributed by atoms with van der Waals surface area (Å²) in [5.74, 6) is -2.40. The van der Waals surface area contributed by atoms with Crippen LogP contribution in [0.3, 0.4) is 0 Å². The molecule has 0 aliphatic rings. The first-order valence-corrected chi connectivity index (χ1v) is 5.88. The molecule has 0 spiro atoms. The van der Waals surface area contributed by atoms with Gasteiger partial charge in [0.05, 0.1) is 5.56 Å². The first-order chi connectivity index (χ1) is 9.47. The maximum Gasteiger partial charge on any atom is 0.335 e. The van der Waals surface area contributed by atoms with Gasteiger partial charge in [0.15, 0.2) is 11.6 Å². The Hall–Kier alpha value is -2.43. The van der Waals surface area contributed by atoms with Crippen molar-refractivity contribution in [2.24, 2.45) is 0 Å². The lowest BCUT2D eigenvalue weighted by Gasteiger charge is -2.09. The summed E-state index contributed by atoms with van der Waals surface area (Å²) in [4.78, 5) is 10.7. The van der Waals surface area contributed by atoms with Crippen LogP contribution in [0, 0.1) is 18.6 Å². The van der Waals surface area contributed by atoms with Crippen LogP contribution < -0.4 is 4.74 Å². The average molecular weight is 278 g/mol. The smallest absolute Gasteiger partial charge is 0.335 e. The van der Waals surface area contributed by atoms with Crippen molar-refractivity contribution >= 4 is 5.97 Å². The van der Waals surface area contributed by atoms with Crippen molar-refractivity contribution in [1.82, 2.24) is 0 Å². The van der Waals surface area contributed by atoms with Crippen LogP contribution in [0.15, 0.2) is 36.4 Å². The van der Waals surface area contributed by atoms with E-state index in [2.05, 4.69) is 0 Å². The van der Waals surface area contributed by atoms with E-state index in [0.29, 0.717) is 0 Å². The van der Waals surface area contributed by atoms with Gasteiger partial charge >= 0.3 is 5.97 Å². The maximum atomic E-state index is 13.7. The van der Waals surface area contributed by atoms with Crippen molar-refractivity contribution in [3.63, 3.8) is 0 Å². The molecule has 0 aliphatic carbocycles. The fraction of sp³-hybridized carbons (Fsp3) is 0.133. The highest BCUT2D eigenvalue weighted by atomic mass is 19.1. The number of benzene rings is 2. The predicted octanol–water partition coefficient (Wildman–Crippen LogP) is 3.55. The van der Waals surface area contributed by atoms with Crippen LogP contribution in [0.1, 0.15) is 21.5 Å². The van der Waals surface area contributed by atoms with E-state index < -0.39 is 17.6 Å². The average Bonchev–Trinajstić information content (AvgIpc) is 2.40. The van der Waals surface area contributed by atoms with Gasteiger partial charge in [0.2, 0.25) is 0 Å². The van der Waals surface area contributed by atoms with Crippen molar-refractivity contribution in [3.8, 4) is 5.75 Å². The topological polar surface area (TPSA) is 46.5 Å². The molecule has 3 nitrogen and oxygen atoms in total. The summed E-state index contributed by atoms with van der Waals surface area (Å²) < 4.78 is 32.3. The first-order valence-electron chi connectivity index (χ1n) is 5.88. The van der Waals surface area contributed by atoms with E-state index in [1.54, 1.807) is 13.0 Å². The Morgan fingerprint density at radius 2 is 1.90 bits per heavy atom. The molecule has 0 saturated heterocycles. The van der Waals surface area contributed by atoms with Gasteiger partial charge in [-0.1, -0.05) is 12.1 Å². The number of hydrogen-bond donors (Lipinski definition) is 1. The van der Waals surface area contributed by atoms with Crippen LogP contribution in [0.5, 0.6) is 5.75 Å². The summed E-state index contributed by atoms with van der Waals surface area (Å²) in [6, 6.07) is 7.88. The number of halogens is 2. The fourth-order valence-corrected chi connectivity index (χ4v) is 1.67. The molecule has 2 aromatic carbocycles. The Kier molecular flexibility index (Phi) is 3.98. The molecule has 0 unspecified atom stereocenters. The number of ether oxygens (including phenoxy) is 1. The zero-order valence-electron chi connectivity index (χ0n) is 10.7. The highest BCUT2D eigenvalue weighted by Gasteiger charge is 2.10. The van der Waals surface area contributed by atoms with E-state index in [0.717, 1.165) is 11.6 Å². The largest absolute Gasteiger partial charge is 0.486 e. The van der Waals surface area contributed by atoms with Gasteiger partial charge in [0, 0.05) is 5.56 Å². The molecule has 104 valence electrons. The van der Waals surface area contributed by atoms with E-state index in [1.165, 1.54) is 24.3 Å². The highest BCUT2D eigenvalue weighted by Crippen LogP contribution is 2.20. The van der Waals surface area contributed by atoms with Gasteiger partial charge in [0.25, 0.3) is 0 Å². The molecule has 1 N–H and O–H groups in total. The van der Waals surface area contributed by atoms with Crippen molar-refractivity contribution in [3.05, 3.63) is 64.7 Å². The SMILES string of the molecule is Cc1ccc(F)c(OCc2ccc(C(=O)O)cc2F)c1. The van der Waals surface area contributed by atoms with Crippen molar-refractivity contribution in [2.75, 3.05) is 0 Å². The molecule has 0 bridgehead atoms. The quantitative estimate of drug-likeness (QED) is 0.930. The fourth-order valence-electron chi connectivity index (χ4n) is 1.67. The van der Waals surface area contributed by atoms with Crippen LogP contribution in [0.2, 0.25) is 0 Å². The number of aryl methyl sites for hydroxylation is 1. The zero-order chi connectivity index (χ0) is 14.7. The summed E-state index contributed by atoms with van der Waals surface area (Å²) >= 11 is 0. The monoisotopic (exact) mass is 278 g/mol. The molecule has 2 rings (SSSR count). The molecule has 0 heterocycles. The molecular weight excluding hydrogens is 266 g/mol. The predicted molar refractivity (Wildman–Crippen MR) is 68.8 cm³/mol. The zero-order valence-corrected chi connectivity index (χ0v) is 10.7. The third kappa shape index (κ3) is 3.12. The first kappa shape index (κ1) is 14.0. The second-order valence-electron chi connectivity index (χ2n) is 4.33. The van der Waals surface area contributed by atoms with E-state index >= 15 is 0 Å². The van der Waals surface area contributed by atoms with Crippen molar-refractivity contribution < 1.29 is 23.4 Å². The Balaban J connectivity index is 2.15. The number of rotatable bonds is 4. The second-order valence-corrected chi connectivity index (χ2v) is 4.33. The molecule has 5 heteroatoms. The Bertz CT molecular complexity index is 654.